The lowest BCUT2D eigenvalue weighted by atomic mass is 9.55. The highest BCUT2D eigenvalue weighted by molar-refractivity contribution is 6.25. The molecule has 7 nitrogen and oxygen atoms in total. The highest BCUT2D eigenvalue weighted by atomic mass is 16.5. The number of esters is 1. The maximum absolute atomic E-state index is 14.1. The van der Waals surface area contributed by atoms with Crippen LogP contribution < -0.4 is 10.2 Å². The van der Waals surface area contributed by atoms with Crippen molar-refractivity contribution in [2.75, 3.05) is 16.8 Å². The molecule has 4 aromatic rings. The summed E-state index contributed by atoms with van der Waals surface area (Å²) < 4.78 is 5.34. The van der Waals surface area contributed by atoms with Gasteiger partial charge >= 0.3 is 5.97 Å². The second kappa shape index (κ2) is 9.55. The molecule has 1 saturated heterocycles. The molecular formula is C34H26N2O5. The van der Waals surface area contributed by atoms with Crippen LogP contribution in [0.3, 0.4) is 0 Å². The minimum atomic E-state index is -0.787. The quantitative estimate of drug-likeness (QED) is 0.277. The Labute approximate surface area is 236 Å². The zero-order valence-corrected chi connectivity index (χ0v) is 22.2. The summed E-state index contributed by atoms with van der Waals surface area (Å²) in [6, 6.07) is 29.8. The van der Waals surface area contributed by atoms with Crippen molar-refractivity contribution >= 4 is 35.1 Å². The van der Waals surface area contributed by atoms with Crippen LogP contribution in [-0.4, -0.2) is 30.3 Å². The number of nitrogens with one attached hydrogen (secondary N) is 1. The van der Waals surface area contributed by atoms with Crippen LogP contribution in [0.1, 0.15) is 50.0 Å². The van der Waals surface area contributed by atoms with E-state index in [9.17, 15) is 19.2 Å². The second-order valence-electron chi connectivity index (χ2n) is 10.8. The maximum atomic E-state index is 14.1. The standard InChI is InChI=1S/C34H26N2O5/c1-19-9-8-10-20(17-19)35-27(37)18-41-34(40)25-15-6-7-16-26(25)36-32(38)30-28-21-11-2-3-12-22(21)29(31(30)33(36)39)24-14-5-4-13-23(24)28/h2-17,28-31H,18H2,1H3,(H,35,37)/t28?,29?,30-,31-/m0/s1. The van der Waals surface area contributed by atoms with E-state index in [1.54, 1.807) is 24.3 Å². The van der Waals surface area contributed by atoms with Crippen molar-refractivity contribution in [1.82, 2.24) is 0 Å². The van der Waals surface area contributed by atoms with E-state index in [0.29, 0.717) is 5.69 Å². The Kier molecular flexibility index (Phi) is 5.82. The van der Waals surface area contributed by atoms with Gasteiger partial charge in [-0.05, 0) is 59.0 Å². The molecule has 4 aromatic carbocycles. The number of ether oxygens (including phenoxy) is 1. The zero-order valence-electron chi connectivity index (χ0n) is 22.2. The van der Waals surface area contributed by atoms with E-state index in [0.717, 1.165) is 32.7 Å². The van der Waals surface area contributed by atoms with Gasteiger partial charge < -0.3 is 10.1 Å². The first-order valence-electron chi connectivity index (χ1n) is 13.6. The summed E-state index contributed by atoms with van der Waals surface area (Å²) in [7, 11) is 0. The van der Waals surface area contributed by atoms with Gasteiger partial charge in [0.05, 0.1) is 23.1 Å². The number of hydrogen-bond donors (Lipinski definition) is 1. The Bertz CT molecular complexity index is 1650. The van der Waals surface area contributed by atoms with E-state index in [4.69, 9.17) is 4.74 Å². The van der Waals surface area contributed by atoms with Crippen LogP contribution in [0.25, 0.3) is 0 Å². The predicted molar refractivity (Wildman–Crippen MR) is 153 cm³/mol. The summed E-state index contributed by atoms with van der Waals surface area (Å²) in [5, 5.41) is 2.71. The van der Waals surface area contributed by atoms with Crippen molar-refractivity contribution < 1.29 is 23.9 Å². The van der Waals surface area contributed by atoms with E-state index in [1.807, 2.05) is 73.7 Å². The van der Waals surface area contributed by atoms with Gasteiger partial charge in [0, 0.05) is 17.5 Å². The minimum Gasteiger partial charge on any atom is -0.452 e. The molecule has 202 valence electrons. The van der Waals surface area contributed by atoms with Gasteiger partial charge in [0.1, 0.15) is 0 Å². The monoisotopic (exact) mass is 542 g/mol. The molecule has 1 aliphatic heterocycles. The molecule has 7 heteroatoms. The van der Waals surface area contributed by atoms with Gasteiger partial charge in [0.2, 0.25) is 11.8 Å². The number of nitrogens with zero attached hydrogens (tertiary/aromatic N) is 1. The number of anilines is 2. The number of benzene rings is 4. The molecule has 41 heavy (non-hydrogen) atoms. The Morgan fingerprint density at radius 3 is 1.83 bits per heavy atom. The molecule has 2 atom stereocenters. The minimum absolute atomic E-state index is 0.0542. The molecule has 8 rings (SSSR count). The van der Waals surface area contributed by atoms with Crippen LogP contribution in [0.4, 0.5) is 11.4 Å². The lowest BCUT2D eigenvalue weighted by Crippen LogP contribution is -2.41. The van der Waals surface area contributed by atoms with Gasteiger partial charge in [-0.15, -0.1) is 0 Å². The van der Waals surface area contributed by atoms with Gasteiger partial charge in [-0.25, -0.2) is 9.69 Å². The molecule has 0 saturated carbocycles. The van der Waals surface area contributed by atoms with Gasteiger partial charge in [-0.2, -0.15) is 0 Å². The topological polar surface area (TPSA) is 92.8 Å². The molecule has 3 amide bonds. The predicted octanol–water partition coefficient (Wildman–Crippen LogP) is 5.19. The van der Waals surface area contributed by atoms with Crippen molar-refractivity contribution in [3.63, 3.8) is 0 Å². The lowest BCUT2D eigenvalue weighted by Gasteiger charge is -2.45. The molecule has 3 aliphatic carbocycles. The van der Waals surface area contributed by atoms with Crippen molar-refractivity contribution in [3.05, 3.63) is 130 Å². The second-order valence-corrected chi connectivity index (χ2v) is 10.8. The van der Waals surface area contributed by atoms with E-state index < -0.39 is 30.3 Å². The van der Waals surface area contributed by atoms with Crippen LogP contribution in [0, 0.1) is 18.8 Å². The maximum Gasteiger partial charge on any atom is 0.340 e. The normalized spacial score (nSPS) is 21.6. The van der Waals surface area contributed by atoms with Crippen molar-refractivity contribution in [2.45, 2.75) is 18.8 Å². The molecule has 4 aliphatic rings. The summed E-state index contributed by atoms with van der Waals surface area (Å²) in [5.74, 6) is -3.56. The van der Waals surface area contributed by atoms with E-state index in [1.165, 1.54) is 6.07 Å². The molecule has 0 aromatic heterocycles. The molecule has 1 heterocycles. The fourth-order valence-corrected chi connectivity index (χ4v) is 6.88. The number of amides is 3. The Hall–Kier alpha value is -5.04. The van der Waals surface area contributed by atoms with Gasteiger partial charge in [0.25, 0.3) is 5.91 Å². The third kappa shape index (κ3) is 3.88. The summed E-state index contributed by atoms with van der Waals surface area (Å²) in [6.45, 7) is 1.40. The summed E-state index contributed by atoms with van der Waals surface area (Å²) >= 11 is 0. The molecule has 1 fully saturated rings. The van der Waals surface area contributed by atoms with Gasteiger partial charge in [0.15, 0.2) is 6.61 Å². The van der Waals surface area contributed by atoms with Gasteiger partial charge in [-0.3, -0.25) is 14.4 Å². The third-order valence-electron chi connectivity index (χ3n) is 8.45. The highest BCUT2D eigenvalue weighted by Gasteiger charge is 2.62. The Morgan fingerprint density at radius 1 is 0.732 bits per heavy atom. The summed E-state index contributed by atoms with van der Waals surface area (Å²) in [4.78, 5) is 55.1. The Morgan fingerprint density at radius 2 is 1.27 bits per heavy atom. The molecule has 0 radical (unpaired) electrons. The van der Waals surface area contributed by atoms with Crippen LogP contribution in [0.5, 0.6) is 0 Å². The van der Waals surface area contributed by atoms with Crippen molar-refractivity contribution in [2.24, 2.45) is 11.8 Å². The largest absolute Gasteiger partial charge is 0.452 e. The molecule has 2 bridgehead atoms. The van der Waals surface area contributed by atoms with Crippen LogP contribution in [0.15, 0.2) is 97.1 Å². The van der Waals surface area contributed by atoms with Crippen molar-refractivity contribution in [1.29, 1.82) is 0 Å². The average Bonchev–Trinajstić information content (AvgIpc) is 3.26. The van der Waals surface area contributed by atoms with Gasteiger partial charge in [-0.1, -0.05) is 72.8 Å². The molecule has 0 spiro atoms. The lowest BCUT2D eigenvalue weighted by molar-refractivity contribution is -0.122. The number of para-hydroxylation sites is 1. The number of aryl methyl sites for hydroxylation is 1. The van der Waals surface area contributed by atoms with Crippen molar-refractivity contribution in [3.8, 4) is 0 Å². The van der Waals surface area contributed by atoms with E-state index in [-0.39, 0.29) is 34.9 Å². The van der Waals surface area contributed by atoms with Crippen LogP contribution in [0.2, 0.25) is 0 Å². The smallest absolute Gasteiger partial charge is 0.340 e. The zero-order chi connectivity index (χ0) is 28.2. The Balaban J connectivity index is 1.18. The number of carbonyl (C=O) groups excluding carboxylic acids is 4. The SMILES string of the molecule is Cc1cccc(NC(=O)COC(=O)c2ccccc2N2C(=O)[C@H]3C4c5ccccc5C(c5ccccc54)[C@@H]3C2=O)c1. The first-order valence-corrected chi connectivity index (χ1v) is 13.6. The van der Waals surface area contributed by atoms with E-state index in [2.05, 4.69) is 5.32 Å². The number of carbonyl (C=O) groups is 4. The first kappa shape index (κ1) is 25.0. The third-order valence-corrected chi connectivity index (χ3v) is 8.45. The number of hydrogen-bond acceptors (Lipinski definition) is 5. The summed E-state index contributed by atoms with van der Waals surface area (Å²) in [5.41, 5.74) is 6.11. The molecular weight excluding hydrogens is 516 g/mol. The average molecular weight is 543 g/mol. The molecule has 0 unspecified atom stereocenters. The number of imide groups is 1. The molecule has 1 N–H and O–H groups in total. The van der Waals surface area contributed by atoms with E-state index >= 15 is 0 Å². The van der Waals surface area contributed by atoms with Crippen LogP contribution >= 0.6 is 0 Å². The fraction of sp³-hybridized carbons (Fsp3) is 0.176. The van der Waals surface area contributed by atoms with Crippen LogP contribution in [-0.2, 0) is 19.1 Å². The summed E-state index contributed by atoms with van der Waals surface area (Å²) in [6.07, 6.45) is 0. The highest BCUT2D eigenvalue weighted by Crippen LogP contribution is 2.61. The first-order chi connectivity index (χ1) is 19.9. The fourth-order valence-electron chi connectivity index (χ4n) is 6.88. The number of rotatable bonds is 5.